The molecule has 2 heteroatoms. The smallest absolute Gasteiger partial charge is 0.199 e. The summed E-state index contributed by atoms with van der Waals surface area (Å²) in [6.45, 7) is 4.08. The molecular weight excluding hydrogens is 184 g/mol. The van der Waals surface area contributed by atoms with Crippen molar-refractivity contribution < 1.29 is 4.57 Å². The van der Waals surface area contributed by atoms with Crippen LogP contribution in [0.3, 0.4) is 0 Å². The molecule has 0 spiro atoms. The number of aryl methyl sites for hydroxylation is 3. The van der Waals surface area contributed by atoms with Gasteiger partial charge in [0, 0.05) is 19.1 Å². The minimum atomic E-state index is 0.751. The van der Waals surface area contributed by atoms with Crippen LogP contribution in [0.4, 0.5) is 0 Å². The third-order valence-corrected chi connectivity index (χ3v) is 2.80. The lowest BCUT2D eigenvalue weighted by Crippen LogP contribution is -2.32. The Morgan fingerprint density at radius 2 is 1.93 bits per heavy atom. The molecule has 15 heavy (non-hydrogen) atoms. The zero-order valence-electron chi connectivity index (χ0n) is 9.20. The monoisotopic (exact) mass is 197 g/mol. The molecule has 2 rings (SSSR count). The normalized spacial score (nSPS) is 10.3. The first-order valence-electron chi connectivity index (χ1n) is 4.93. The van der Waals surface area contributed by atoms with Crippen molar-refractivity contribution in [1.29, 1.82) is 5.26 Å². The van der Waals surface area contributed by atoms with Crippen LogP contribution < -0.4 is 4.57 Å². The molecule has 0 aliphatic rings. The highest BCUT2D eigenvalue weighted by atomic mass is 14.9. The van der Waals surface area contributed by atoms with Crippen LogP contribution in [0.1, 0.15) is 16.8 Å². The molecule has 0 aliphatic heterocycles. The zero-order chi connectivity index (χ0) is 11.0. The van der Waals surface area contributed by atoms with Gasteiger partial charge in [-0.05, 0) is 24.6 Å². The molecule has 0 unspecified atom stereocenters. The molecule has 0 saturated heterocycles. The summed E-state index contributed by atoms with van der Waals surface area (Å²) in [4.78, 5) is 0. The number of hydrogen-bond acceptors (Lipinski definition) is 1. The number of nitrogens with zero attached hydrogens (tertiary/aromatic N) is 2. The molecular formula is C13H13N2+. The van der Waals surface area contributed by atoms with Crippen LogP contribution in [0.5, 0.6) is 0 Å². The maximum atomic E-state index is 9.06. The summed E-state index contributed by atoms with van der Waals surface area (Å²) in [5.74, 6) is 0. The Morgan fingerprint density at radius 3 is 2.60 bits per heavy atom. The third kappa shape index (κ3) is 1.46. The van der Waals surface area contributed by atoms with Crippen molar-refractivity contribution >= 4 is 10.9 Å². The third-order valence-electron chi connectivity index (χ3n) is 2.80. The van der Waals surface area contributed by atoms with Crippen molar-refractivity contribution in [3.8, 4) is 6.07 Å². The van der Waals surface area contributed by atoms with E-state index >= 15 is 0 Å². The fourth-order valence-electron chi connectivity index (χ4n) is 1.83. The van der Waals surface area contributed by atoms with E-state index in [2.05, 4.69) is 23.6 Å². The molecule has 0 fully saturated rings. The van der Waals surface area contributed by atoms with Crippen molar-refractivity contribution in [1.82, 2.24) is 0 Å². The molecule has 2 nitrogen and oxygen atoms in total. The average Bonchev–Trinajstić information content (AvgIpc) is 2.23. The summed E-state index contributed by atoms with van der Waals surface area (Å²) < 4.78 is 2.11. The molecule has 0 amide bonds. The average molecular weight is 197 g/mol. The summed E-state index contributed by atoms with van der Waals surface area (Å²) in [5.41, 5.74) is 4.18. The first-order valence-corrected chi connectivity index (χ1v) is 4.93. The van der Waals surface area contributed by atoms with Gasteiger partial charge in [-0.25, -0.2) is 0 Å². The summed E-state index contributed by atoms with van der Waals surface area (Å²) >= 11 is 0. The molecule has 0 N–H and O–H groups in total. The van der Waals surface area contributed by atoms with Crippen LogP contribution in [0, 0.1) is 25.2 Å². The first-order chi connectivity index (χ1) is 7.13. The second kappa shape index (κ2) is 3.36. The molecule has 1 aromatic carbocycles. The van der Waals surface area contributed by atoms with E-state index in [0.717, 1.165) is 22.0 Å². The number of nitriles is 1. The number of aromatic nitrogens is 1. The largest absolute Gasteiger partial charge is 0.214 e. The maximum absolute atomic E-state index is 9.06. The van der Waals surface area contributed by atoms with Crippen molar-refractivity contribution in [2.45, 2.75) is 13.8 Å². The van der Waals surface area contributed by atoms with Gasteiger partial charge in [-0.3, -0.25) is 0 Å². The summed E-state index contributed by atoms with van der Waals surface area (Å²) in [6, 6.07) is 10.3. The SMILES string of the molecule is Cc1cc(C#N)c2ccc(C)[n+](C)c2c1. The van der Waals surface area contributed by atoms with Gasteiger partial charge in [0.1, 0.15) is 13.1 Å². The van der Waals surface area contributed by atoms with Crippen molar-refractivity contribution in [2.24, 2.45) is 7.05 Å². The molecule has 0 atom stereocenters. The summed E-state index contributed by atoms with van der Waals surface area (Å²) in [7, 11) is 2.03. The van der Waals surface area contributed by atoms with Crippen LogP contribution >= 0.6 is 0 Å². The van der Waals surface area contributed by atoms with Gasteiger partial charge in [0.05, 0.1) is 10.9 Å². The van der Waals surface area contributed by atoms with Gasteiger partial charge in [0.2, 0.25) is 5.52 Å². The molecule has 2 aromatic rings. The predicted molar refractivity (Wildman–Crippen MR) is 59.3 cm³/mol. The highest BCUT2D eigenvalue weighted by Gasteiger charge is 2.11. The van der Waals surface area contributed by atoms with E-state index in [1.165, 1.54) is 5.69 Å². The van der Waals surface area contributed by atoms with Gasteiger partial charge in [-0.1, -0.05) is 0 Å². The van der Waals surface area contributed by atoms with Crippen LogP contribution in [-0.2, 0) is 7.05 Å². The number of benzene rings is 1. The minimum Gasteiger partial charge on any atom is -0.199 e. The van der Waals surface area contributed by atoms with E-state index < -0.39 is 0 Å². The van der Waals surface area contributed by atoms with E-state index in [1.54, 1.807) is 0 Å². The number of hydrogen-bond donors (Lipinski definition) is 0. The van der Waals surface area contributed by atoms with E-state index in [1.807, 2.05) is 32.2 Å². The van der Waals surface area contributed by atoms with Gasteiger partial charge in [-0.15, -0.1) is 0 Å². The van der Waals surface area contributed by atoms with Crippen LogP contribution in [0.25, 0.3) is 10.9 Å². The van der Waals surface area contributed by atoms with E-state index in [9.17, 15) is 0 Å². The van der Waals surface area contributed by atoms with Gasteiger partial charge >= 0.3 is 0 Å². The molecule has 74 valence electrons. The quantitative estimate of drug-likeness (QED) is 0.595. The van der Waals surface area contributed by atoms with Crippen molar-refractivity contribution in [3.05, 3.63) is 41.1 Å². The lowest BCUT2D eigenvalue weighted by Gasteiger charge is -2.02. The minimum absolute atomic E-state index is 0.751. The summed E-state index contributed by atoms with van der Waals surface area (Å²) in [6.07, 6.45) is 0. The topological polar surface area (TPSA) is 27.7 Å². The molecule has 1 aromatic heterocycles. The highest BCUT2D eigenvalue weighted by Crippen LogP contribution is 2.17. The Bertz CT molecular complexity index is 577. The van der Waals surface area contributed by atoms with Crippen molar-refractivity contribution in [3.63, 3.8) is 0 Å². The second-order valence-electron chi connectivity index (χ2n) is 3.89. The van der Waals surface area contributed by atoms with Crippen molar-refractivity contribution in [2.75, 3.05) is 0 Å². The molecule has 0 aliphatic carbocycles. The van der Waals surface area contributed by atoms with Gasteiger partial charge < -0.3 is 0 Å². The maximum Gasteiger partial charge on any atom is 0.214 e. The standard InChI is InChI=1S/C13H13N2/c1-9-6-11(8-14)12-5-4-10(2)15(3)13(12)7-9/h4-7H,1-3H3/q+1. The number of fused-ring (bicyclic) bond motifs is 1. The van der Waals surface area contributed by atoms with E-state index in [-0.39, 0.29) is 0 Å². The predicted octanol–water partition coefficient (Wildman–Crippen LogP) is 2.15. The Balaban J connectivity index is 2.98. The number of rotatable bonds is 0. The highest BCUT2D eigenvalue weighted by molar-refractivity contribution is 5.83. The molecule has 0 radical (unpaired) electrons. The Kier molecular flexibility index (Phi) is 2.17. The lowest BCUT2D eigenvalue weighted by molar-refractivity contribution is -0.651. The molecule has 0 saturated carbocycles. The van der Waals surface area contributed by atoms with Gasteiger partial charge in [0.15, 0.2) is 5.69 Å². The molecule has 1 heterocycles. The zero-order valence-corrected chi connectivity index (χ0v) is 9.20. The Morgan fingerprint density at radius 1 is 1.20 bits per heavy atom. The van der Waals surface area contributed by atoms with E-state index in [4.69, 9.17) is 5.26 Å². The van der Waals surface area contributed by atoms with Crippen LogP contribution in [-0.4, -0.2) is 0 Å². The first kappa shape index (κ1) is 9.67. The Hall–Kier alpha value is -1.88. The Labute approximate surface area is 89.4 Å². The van der Waals surface area contributed by atoms with Gasteiger partial charge in [-0.2, -0.15) is 9.83 Å². The summed E-state index contributed by atoms with van der Waals surface area (Å²) in [5, 5.41) is 10.1. The lowest BCUT2D eigenvalue weighted by atomic mass is 10.1. The van der Waals surface area contributed by atoms with E-state index in [0.29, 0.717) is 0 Å². The molecule has 0 bridgehead atoms. The van der Waals surface area contributed by atoms with Crippen LogP contribution in [0.15, 0.2) is 24.3 Å². The van der Waals surface area contributed by atoms with Crippen LogP contribution in [0.2, 0.25) is 0 Å². The van der Waals surface area contributed by atoms with Gasteiger partial charge in [0.25, 0.3) is 0 Å². The fraction of sp³-hybridized carbons (Fsp3) is 0.231. The second-order valence-corrected chi connectivity index (χ2v) is 3.89. The number of pyridine rings is 1. The fourth-order valence-corrected chi connectivity index (χ4v) is 1.83.